The molecule has 0 spiro atoms. The lowest BCUT2D eigenvalue weighted by molar-refractivity contribution is 0.0636. The minimum atomic E-state index is -0.0408. The number of nitrogens with one attached hydrogen (secondary N) is 1. The molecule has 1 amide bonds. The molecule has 1 fully saturated rings. The molecular weight excluding hydrogens is 350 g/mol. The van der Waals surface area contributed by atoms with Gasteiger partial charge in [-0.2, -0.15) is 0 Å². The molecule has 0 saturated carbocycles. The second-order valence-electron chi connectivity index (χ2n) is 6.33. The van der Waals surface area contributed by atoms with Crippen LogP contribution in [0.15, 0.2) is 36.4 Å². The van der Waals surface area contributed by atoms with Crippen molar-refractivity contribution in [1.29, 1.82) is 0 Å². The Kier molecular flexibility index (Phi) is 6.41. The fourth-order valence-electron chi connectivity index (χ4n) is 2.96. The number of hydrogen-bond acceptors (Lipinski definition) is 5. The molecule has 0 atom stereocenters. The van der Waals surface area contributed by atoms with E-state index in [1.54, 1.807) is 6.07 Å². The van der Waals surface area contributed by atoms with Crippen LogP contribution in [0.5, 0.6) is 0 Å². The Morgan fingerprint density at radius 1 is 1.08 bits per heavy atom. The van der Waals surface area contributed by atoms with Crippen LogP contribution in [0, 0.1) is 0 Å². The Morgan fingerprint density at radius 2 is 1.81 bits per heavy atom. The number of likely N-dealkylation sites (N-methyl/N-ethyl adjacent to an activating group) is 1. The maximum absolute atomic E-state index is 12.5. The van der Waals surface area contributed by atoms with Gasteiger partial charge in [-0.15, -0.1) is 10.2 Å². The van der Waals surface area contributed by atoms with Crippen LogP contribution in [0.2, 0.25) is 5.02 Å². The molecule has 1 saturated heterocycles. The van der Waals surface area contributed by atoms with E-state index in [1.165, 1.54) is 5.56 Å². The van der Waals surface area contributed by atoms with Gasteiger partial charge in [0.05, 0.1) is 0 Å². The van der Waals surface area contributed by atoms with Crippen LogP contribution in [-0.2, 0) is 6.42 Å². The number of piperazine rings is 1. The predicted octanol–water partition coefficient (Wildman–Crippen LogP) is 2.56. The molecule has 26 heavy (non-hydrogen) atoms. The van der Waals surface area contributed by atoms with Gasteiger partial charge in [-0.3, -0.25) is 4.79 Å². The third-order valence-corrected chi connectivity index (χ3v) is 4.88. The van der Waals surface area contributed by atoms with Crippen LogP contribution < -0.4 is 5.32 Å². The van der Waals surface area contributed by atoms with Gasteiger partial charge >= 0.3 is 0 Å². The molecule has 0 aliphatic carbocycles. The van der Waals surface area contributed by atoms with Gasteiger partial charge in [-0.05, 0) is 42.8 Å². The summed E-state index contributed by atoms with van der Waals surface area (Å²) in [6.45, 7) is 7.23. The van der Waals surface area contributed by atoms with Crippen LogP contribution >= 0.6 is 11.6 Å². The quantitative estimate of drug-likeness (QED) is 0.843. The second kappa shape index (κ2) is 8.96. The minimum Gasteiger partial charge on any atom is -0.368 e. The highest BCUT2D eigenvalue weighted by Crippen LogP contribution is 2.11. The molecule has 0 bridgehead atoms. The molecule has 2 heterocycles. The van der Waals surface area contributed by atoms with Gasteiger partial charge in [-0.1, -0.05) is 30.7 Å². The maximum atomic E-state index is 12.5. The summed E-state index contributed by atoms with van der Waals surface area (Å²) in [5.74, 6) is 0.632. The standard InChI is InChI=1S/C19H24ClN5O/c1-2-24-11-13-25(14-12-24)19(26)17-7-8-18(23-22-17)21-10-9-15-3-5-16(20)6-4-15/h3-8H,2,9-14H2,1H3,(H,21,23). The highest BCUT2D eigenvalue weighted by Gasteiger charge is 2.22. The topological polar surface area (TPSA) is 61.4 Å². The van der Waals surface area contributed by atoms with Crippen LogP contribution in [0.4, 0.5) is 5.82 Å². The largest absolute Gasteiger partial charge is 0.368 e. The fraction of sp³-hybridized carbons (Fsp3) is 0.421. The number of nitrogens with zero attached hydrogens (tertiary/aromatic N) is 4. The minimum absolute atomic E-state index is 0.0408. The normalized spacial score (nSPS) is 15.1. The number of amides is 1. The first-order valence-corrected chi connectivity index (χ1v) is 9.37. The molecule has 1 aliphatic heterocycles. The van der Waals surface area contributed by atoms with Gasteiger partial charge in [0.2, 0.25) is 0 Å². The van der Waals surface area contributed by atoms with Crippen molar-refractivity contribution in [2.24, 2.45) is 0 Å². The molecule has 1 aromatic carbocycles. The number of hydrogen-bond donors (Lipinski definition) is 1. The van der Waals surface area contributed by atoms with Crippen molar-refractivity contribution in [1.82, 2.24) is 20.0 Å². The number of carbonyl (C=O) groups excluding carboxylic acids is 1. The average molecular weight is 374 g/mol. The molecule has 0 radical (unpaired) electrons. The van der Waals surface area contributed by atoms with E-state index in [0.29, 0.717) is 11.5 Å². The van der Waals surface area contributed by atoms with E-state index in [1.807, 2.05) is 35.2 Å². The third-order valence-electron chi connectivity index (χ3n) is 4.62. The van der Waals surface area contributed by atoms with Crippen molar-refractivity contribution < 1.29 is 4.79 Å². The summed E-state index contributed by atoms with van der Waals surface area (Å²) in [6.07, 6.45) is 0.862. The van der Waals surface area contributed by atoms with Gasteiger partial charge in [-0.25, -0.2) is 0 Å². The summed E-state index contributed by atoms with van der Waals surface area (Å²) in [5, 5.41) is 12.2. The fourth-order valence-corrected chi connectivity index (χ4v) is 3.08. The summed E-state index contributed by atoms with van der Waals surface area (Å²) in [7, 11) is 0. The Balaban J connectivity index is 1.48. The zero-order valence-electron chi connectivity index (χ0n) is 15.0. The predicted molar refractivity (Wildman–Crippen MR) is 104 cm³/mol. The highest BCUT2D eigenvalue weighted by atomic mass is 35.5. The molecule has 1 aromatic heterocycles. The van der Waals surface area contributed by atoms with Crippen molar-refractivity contribution >= 4 is 23.3 Å². The first-order chi connectivity index (χ1) is 12.7. The Morgan fingerprint density at radius 3 is 2.42 bits per heavy atom. The molecular formula is C19H24ClN5O. The highest BCUT2D eigenvalue weighted by molar-refractivity contribution is 6.30. The van der Waals surface area contributed by atoms with E-state index in [-0.39, 0.29) is 5.91 Å². The van der Waals surface area contributed by atoms with Crippen LogP contribution in [-0.4, -0.2) is 65.2 Å². The van der Waals surface area contributed by atoms with Gasteiger partial charge in [0.1, 0.15) is 5.82 Å². The molecule has 3 rings (SSSR count). The average Bonchev–Trinajstić information content (AvgIpc) is 2.69. The molecule has 7 heteroatoms. The first kappa shape index (κ1) is 18.6. The lowest BCUT2D eigenvalue weighted by Gasteiger charge is -2.33. The van der Waals surface area contributed by atoms with E-state index in [0.717, 1.165) is 50.7 Å². The van der Waals surface area contributed by atoms with E-state index in [2.05, 4.69) is 27.3 Å². The molecule has 6 nitrogen and oxygen atoms in total. The van der Waals surface area contributed by atoms with Crippen LogP contribution in [0.1, 0.15) is 23.0 Å². The molecule has 0 unspecified atom stereocenters. The van der Waals surface area contributed by atoms with Gasteiger partial charge < -0.3 is 15.1 Å². The van der Waals surface area contributed by atoms with Crippen molar-refractivity contribution in [2.75, 3.05) is 44.6 Å². The summed E-state index contributed by atoms with van der Waals surface area (Å²) >= 11 is 5.89. The second-order valence-corrected chi connectivity index (χ2v) is 6.77. The summed E-state index contributed by atoms with van der Waals surface area (Å²) < 4.78 is 0. The lowest BCUT2D eigenvalue weighted by atomic mass is 10.1. The molecule has 1 N–H and O–H groups in total. The smallest absolute Gasteiger partial charge is 0.274 e. The van der Waals surface area contributed by atoms with E-state index < -0.39 is 0 Å². The summed E-state index contributed by atoms with van der Waals surface area (Å²) in [4.78, 5) is 16.7. The van der Waals surface area contributed by atoms with E-state index in [4.69, 9.17) is 11.6 Å². The van der Waals surface area contributed by atoms with Crippen molar-refractivity contribution in [3.05, 3.63) is 52.7 Å². The number of halogens is 1. The molecule has 2 aromatic rings. The van der Waals surface area contributed by atoms with Crippen molar-refractivity contribution in [2.45, 2.75) is 13.3 Å². The molecule has 138 valence electrons. The van der Waals surface area contributed by atoms with E-state index >= 15 is 0 Å². The summed E-state index contributed by atoms with van der Waals surface area (Å²) in [6, 6.07) is 11.3. The maximum Gasteiger partial charge on any atom is 0.274 e. The lowest BCUT2D eigenvalue weighted by Crippen LogP contribution is -2.48. The number of aromatic nitrogens is 2. The van der Waals surface area contributed by atoms with Gasteiger partial charge in [0.25, 0.3) is 5.91 Å². The first-order valence-electron chi connectivity index (χ1n) is 8.99. The van der Waals surface area contributed by atoms with Gasteiger partial charge in [0.15, 0.2) is 5.69 Å². The summed E-state index contributed by atoms with van der Waals surface area (Å²) in [5.41, 5.74) is 1.60. The Bertz CT molecular complexity index is 712. The zero-order chi connectivity index (χ0) is 18.4. The Hall–Kier alpha value is -2.18. The number of benzene rings is 1. The Labute approximate surface area is 159 Å². The van der Waals surface area contributed by atoms with Crippen LogP contribution in [0.25, 0.3) is 0 Å². The molecule has 1 aliphatic rings. The monoisotopic (exact) mass is 373 g/mol. The van der Waals surface area contributed by atoms with Gasteiger partial charge in [0, 0.05) is 37.7 Å². The van der Waals surface area contributed by atoms with Crippen LogP contribution in [0.3, 0.4) is 0 Å². The van der Waals surface area contributed by atoms with Crippen molar-refractivity contribution in [3.8, 4) is 0 Å². The number of rotatable bonds is 6. The van der Waals surface area contributed by atoms with E-state index in [9.17, 15) is 4.79 Å². The SMILES string of the molecule is CCN1CCN(C(=O)c2ccc(NCCc3ccc(Cl)cc3)nn2)CC1. The zero-order valence-corrected chi connectivity index (χ0v) is 15.7. The third kappa shape index (κ3) is 4.93. The van der Waals surface area contributed by atoms with Crippen molar-refractivity contribution in [3.63, 3.8) is 0 Å². The number of carbonyl (C=O) groups is 1. The number of anilines is 1.